The number of carbonyl (C=O) groups is 2. The molecule has 13 heteroatoms. The van der Waals surface area contributed by atoms with Crippen molar-refractivity contribution in [2.45, 2.75) is 6.61 Å². The van der Waals surface area contributed by atoms with Crippen LogP contribution in [0.25, 0.3) is 21.8 Å². The molecule has 3 heterocycles. The lowest BCUT2D eigenvalue weighted by Gasteiger charge is -2.14. The van der Waals surface area contributed by atoms with Crippen molar-refractivity contribution in [1.29, 1.82) is 0 Å². The summed E-state index contributed by atoms with van der Waals surface area (Å²) in [5.74, 6) is -0.139. The lowest BCUT2D eigenvalue weighted by molar-refractivity contribution is 0.101. The maximum atomic E-state index is 13.6. The molecule has 0 unspecified atom stereocenters. The van der Waals surface area contributed by atoms with E-state index >= 15 is 0 Å². The molecule has 3 aromatic heterocycles. The van der Waals surface area contributed by atoms with Crippen molar-refractivity contribution in [3.63, 3.8) is 0 Å². The van der Waals surface area contributed by atoms with Gasteiger partial charge in [0.2, 0.25) is 0 Å². The topological polar surface area (TPSA) is 177 Å². The molecule has 0 bridgehead atoms. The molecule has 0 aliphatic carbocycles. The van der Waals surface area contributed by atoms with Crippen LogP contribution in [0.3, 0.4) is 0 Å². The van der Waals surface area contributed by atoms with Crippen LogP contribution < -0.4 is 36.3 Å². The zero-order valence-corrected chi connectivity index (χ0v) is 26.2. The SMILES string of the molecule is NCCOc1cc(NC(=O)c2cc(OCc3ccc(F)cc3)cc(C(=O)Nc3cc(OCCN)c4ccccc4n3)n2)nc2ccccc12. The van der Waals surface area contributed by atoms with E-state index in [0.717, 1.165) is 10.8 Å². The van der Waals surface area contributed by atoms with Gasteiger partial charge >= 0.3 is 0 Å². The average Bonchev–Trinajstić information content (AvgIpc) is 3.12. The van der Waals surface area contributed by atoms with Crippen molar-refractivity contribution in [2.24, 2.45) is 11.5 Å². The number of hydrogen-bond acceptors (Lipinski definition) is 10. The van der Waals surface area contributed by atoms with E-state index in [9.17, 15) is 14.0 Å². The third-order valence-corrected chi connectivity index (χ3v) is 7.17. The van der Waals surface area contributed by atoms with E-state index < -0.39 is 11.8 Å². The van der Waals surface area contributed by atoms with Crippen LogP contribution in [-0.4, -0.2) is 53.1 Å². The molecule has 0 atom stereocenters. The fourth-order valence-electron chi connectivity index (χ4n) is 4.92. The lowest BCUT2D eigenvalue weighted by Crippen LogP contribution is -2.20. The molecule has 12 nitrogen and oxygen atoms in total. The van der Waals surface area contributed by atoms with Crippen molar-refractivity contribution in [2.75, 3.05) is 36.9 Å². The van der Waals surface area contributed by atoms with Gasteiger partial charge in [0.1, 0.15) is 65.9 Å². The number of hydrogen-bond donors (Lipinski definition) is 4. The standard InChI is InChI=1S/C36H32FN7O5/c37-23-11-9-22(10-12-23)21-49-24-17-29(35(45)43-33-19-31(47-15-13-38)25-5-1-3-7-27(25)41-33)40-30(18-24)36(46)44-34-20-32(48-16-14-39)26-6-2-4-8-28(26)42-34/h1-12,17-20H,13-16,21,38-39H2,(H,41,43,45)(H,42,44,46). The summed E-state index contributed by atoms with van der Waals surface area (Å²) in [6, 6.07) is 26.4. The Morgan fingerprint density at radius 2 is 1.12 bits per heavy atom. The van der Waals surface area contributed by atoms with Crippen LogP contribution in [-0.2, 0) is 6.61 Å². The summed E-state index contributed by atoms with van der Waals surface area (Å²) in [6.07, 6.45) is 0. The van der Waals surface area contributed by atoms with E-state index in [1.165, 1.54) is 24.3 Å². The number of pyridine rings is 3. The zero-order chi connectivity index (χ0) is 34.2. The van der Waals surface area contributed by atoms with Gasteiger partial charge in [-0.2, -0.15) is 0 Å². The van der Waals surface area contributed by atoms with Crippen LogP contribution >= 0.6 is 0 Å². The maximum Gasteiger partial charge on any atom is 0.275 e. The van der Waals surface area contributed by atoms with Gasteiger partial charge in [0.25, 0.3) is 11.8 Å². The number of para-hydroxylation sites is 2. The second kappa shape index (κ2) is 15.2. The predicted molar refractivity (Wildman–Crippen MR) is 183 cm³/mol. The summed E-state index contributed by atoms with van der Waals surface area (Å²) in [5, 5.41) is 6.99. The molecule has 6 N–H and O–H groups in total. The van der Waals surface area contributed by atoms with E-state index in [-0.39, 0.29) is 54.4 Å². The molecule has 0 saturated carbocycles. The minimum absolute atomic E-state index is 0.0363. The Bertz CT molecular complexity index is 2000. The summed E-state index contributed by atoms with van der Waals surface area (Å²) in [6.45, 7) is 1.17. The van der Waals surface area contributed by atoms with Crippen molar-refractivity contribution in [3.8, 4) is 17.2 Å². The van der Waals surface area contributed by atoms with Gasteiger partial charge in [-0.05, 0) is 42.0 Å². The summed E-state index contributed by atoms with van der Waals surface area (Å²) >= 11 is 0. The van der Waals surface area contributed by atoms with Crippen molar-refractivity contribution < 1.29 is 28.2 Å². The van der Waals surface area contributed by atoms with Crippen LogP contribution in [0.15, 0.2) is 97.1 Å². The Labute approximate surface area is 280 Å². The van der Waals surface area contributed by atoms with Crippen molar-refractivity contribution >= 4 is 45.3 Å². The Morgan fingerprint density at radius 3 is 1.61 bits per heavy atom. The normalized spacial score (nSPS) is 10.9. The second-order valence-electron chi connectivity index (χ2n) is 10.7. The van der Waals surface area contributed by atoms with E-state index in [4.69, 9.17) is 25.7 Å². The van der Waals surface area contributed by atoms with Gasteiger partial charge in [-0.25, -0.2) is 19.3 Å². The first kappa shape index (κ1) is 32.7. The Balaban J connectivity index is 1.31. The molecule has 0 saturated heterocycles. The molecule has 0 aliphatic heterocycles. The number of amides is 2. The summed E-state index contributed by atoms with van der Waals surface area (Å²) in [4.78, 5) is 40.7. The molecule has 3 aromatic carbocycles. The van der Waals surface area contributed by atoms with E-state index in [1.807, 2.05) is 36.4 Å². The maximum absolute atomic E-state index is 13.6. The lowest BCUT2D eigenvalue weighted by atomic mass is 10.2. The van der Waals surface area contributed by atoms with E-state index in [2.05, 4.69) is 25.6 Å². The fourth-order valence-corrected chi connectivity index (χ4v) is 4.92. The highest BCUT2D eigenvalue weighted by Crippen LogP contribution is 2.29. The molecule has 0 radical (unpaired) electrons. The molecular formula is C36H32FN7O5. The first-order valence-electron chi connectivity index (χ1n) is 15.4. The Morgan fingerprint density at radius 1 is 0.633 bits per heavy atom. The van der Waals surface area contributed by atoms with Crippen LogP contribution in [0.4, 0.5) is 16.0 Å². The van der Waals surface area contributed by atoms with Gasteiger partial charge in [0.05, 0.1) is 11.0 Å². The number of nitrogens with one attached hydrogen (secondary N) is 2. The highest BCUT2D eigenvalue weighted by atomic mass is 19.1. The molecule has 248 valence electrons. The summed E-state index contributed by atoms with van der Waals surface area (Å²) in [7, 11) is 0. The Hall–Kier alpha value is -6.18. The number of fused-ring (bicyclic) bond motifs is 2. The third-order valence-electron chi connectivity index (χ3n) is 7.17. The molecule has 49 heavy (non-hydrogen) atoms. The number of nitrogens with two attached hydrogens (primary N) is 2. The third kappa shape index (κ3) is 8.04. The smallest absolute Gasteiger partial charge is 0.275 e. The van der Waals surface area contributed by atoms with Crippen LogP contribution in [0.2, 0.25) is 0 Å². The molecule has 0 spiro atoms. The van der Waals surface area contributed by atoms with Crippen LogP contribution in [0.5, 0.6) is 17.2 Å². The first-order valence-corrected chi connectivity index (χ1v) is 15.4. The Kier molecular flexibility index (Phi) is 10.1. The van der Waals surface area contributed by atoms with E-state index in [1.54, 1.807) is 36.4 Å². The molecule has 0 aliphatic rings. The number of benzene rings is 3. The number of carbonyl (C=O) groups excluding carboxylic acids is 2. The van der Waals surface area contributed by atoms with Gasteiger partial charge in [-0.3, -0.25) is 9.59 Å². The van der Waals surface area contributed by atoms with Gasteiger partial charge < -0.3 is 36.3 Å². The van der Waals surface area contributed by atoms with Gasteiger partial charge in [-0.15, -0.1) is 0 Å². The molecule has 6 aromatic rings. The number of nitrogens with zero attached hydrogens (tertiary/aromatic N) is 3. The van der Waals surface area contributed by atoms with E-state index in [0.29, 0.717) is 41.2 Å². The number of aromatic nitrogens is 3. The van der Waals surface area contributed by atoms with Gasteiger partial charge in [0.15, 0.2) is 0 Å². The van der Waals surface area contributed by atoms with Crippen LogP contribution in [0.1, 0.15) is 26.5 Å². The largest absolute Gasteiger partial charge is 0.491 e. The number of halogens is 1. The monoisotopic (exact) mass is 661 g/mol. The molecule has 0 fully saturated rings. The minimum Gasteiger partial charge on any atom is -0.491 e. The highest BCUT2D eigenvalue weighted by Gasteiger charge is 2.19. The number of anilines is 2. The van der Waals surface area contributed by atoms with Crippen molar-refractivity contribution in [3.05, 3.63) is 120 Å². The number of ether oxygens (including phenoxy) is 3. The summed E-state index contributed by atoms with van der Waals surface area (Å²) in [5.41, 5.74) is 12.9. The second-order valence-corrected chi connectivity index (χ2v) is 10.7. The quantitative estimate of drug-likeness (QED) is 0.131. The van der Waals surface area contributed by atoms with Crippen LogP contribution in [0, 0.1) is 5.82 Å². The average molecular weight is 662 g/mol. The van der Waals surface area contributed by atoms with Gasteiger partial charge in [-0.1, -0.05) is 36.4 Å². The molecule has 6 rings (SSSR count). The molecule has 2 amide bonds. The zero-order valence-electron chi connectivity index (χ0n) is 26.2. The number of rotatable bonds is 13. The summed E-state index contributed by atoms with van der Waals surface area (Å²) < 4.78 is 31.0. The van der Waals surface area contributed by atoms with Crippen molar-refractivity contribution in [1.82, 2.24) is 15.0 Å². The highest BCUT2D eigenvalue weighted by molar-refractivity contribution is 6.07. The minimum atomic E-state index is -0.657. The fraction of sp³-hybridized carbons (Fsp3) is 0.139. The predicted octanol–water partition coefficient (Wildman–Crippen LogP) is 5.08. The molecular weight excluding hydrogens is 629 g/mol. The van der Waals surface area contributed by atoms with Gasteiger partial charge in [0, 0.05) is 48.1 Å². The first-order chi connectivity index (χ1) is 23.9.